The van der Waals surface area contributed by atoms with Crippen LogP contribution in [0.3, 0.4) is 0 Å². The van der Waals surface area contributed by atoms with Crippen LogP contribution in [0.4, 0.5) is 0 Å². The van der Waals surface area contributed by atoms with Crippen molar-refractivity contribution in [2.45, 2.75) is 38.4 Å². The summed E-state index contributed by atoms with van der Waals surface area (Å²) in [7, 11) is 0. The van der Waals surface area contributed by atoms with Gasteiger partial charge in [-0.1, -0.05) is 30.3 Å². The van der Waals surface area contributed by atoms with Gasteiger partial charge in [0.05, 0.1) is 6.54 Å². The molecule has 8 nitrogen and oxygen atoms in total. The van der Waals surface area contributed by atoms with Crippen molar-refractivity contribution in [3.63, 3.8) is 0 Å². The number of fused-ring (bicyclic) bond motifs is 1. The maximum Gasteiger partial charge on any atom is 0.272 e. The maximum absolute atomic E-state index is 12.9. The average Bonchev–Trinajstić information content (AvgIpc) is 3.43. The smallest absolute Gasteiger partial charge is 0.272 e. The van der Waals surface area contributed by atoms with Crippen LogP contribution in [-0.4, -0.2) is 51.5 Å². The van der Waals surface area contributed by atoms with E-state index in [1.165, 1.54) is 6.07 Å². The first kappa shape index (κ1) is 18.2. The molecule has 1 aromatic heterocycles. The molecule has 0 saturated heterocycles. The topological polar surface area (TPSA) is 96.3 Å². The summed E-state index contributed by atoms with van der Waals surface area (Å²) < 4.78 is 1.59. The molecule has 0 bridgehead atoms. The predicted octanol–water partition coefficient (Wildman–Crippen LogP) is 0.938. The minimum atomic E-state index is -0.450. The van der Waals surface area contributed by atoms with Crippen molar-refractivity contribution < 1.29 is 14.4 Å². The summed E-state index contributed by atoms with van der Waals surface area (Å²) in [6.45, 7) is 1.64. The van der Waals surface area contributed by atoms with Gasteiger partial charge >= 0.3 is 0 Å². The Hall–Kier alpha value is -3.16. The third-order valence-corrected chi connectivity index (χ3v) is 4.89. The van der Waals surface area contributed by atoms with Crippen LogP contribution in [0.5, 0.6) is 0 Å². The molecule has 1 aromatic carbocycles. The number of rotatable bonds is 6. The molecule has 4 rings (SSSR count). The number of benzene rings is 1. The summed E-state index contributed by atoms with van der Waals surface area (Å²) in [4.78, 5) is 38.8. The molecule has 0 radical (unpaired) electrons. The second-order valence-electron chi connectivity index (χ2n) is 7.23. The lowest BCUT2D eigenvalue weighted by Crippen LogP contribution is -2.38. The standard InChI is InChI=1S/C20H23N5O3/c26-18(22-15-7-8-15)12-21-19(27)16-11-17-20(28)24(9-4-10-25(17)23-16)13-14-5-2-1-3-6-14/h1-3,5-6,11,15H,4,7-10,12-13H2,(H,21,27)(H,22,26). The van der Waals surface area contributed by atoms with E-state index in [1.807, 2.05) is 30.3 Å². The zero-order valence-electron chi connectivity index (χ0n) is 15.6. The minimum absolute atomic E-state index is 0.0917. The number of aryl methyl sites for hydroxylation is 1. The SMILES string of the molecule is O=C(CNC(=O)c1cc2n(n1)CCCN(Cc1ccccc1)C2=O)NC1CC1. The van der Waals surface area contributed by atoms with Crippen LogP contribution in [0.2, 0.25) is 0 Å². The highest BCUT2D eigenvalue weighted by molar-refractivity contribution is 5.99. The molecule has 2 N–H and O–H groups in total. The molecule has 1 aliphatic heterocycles. The molecule has 1 saturated carbocycles. The molecule has 146 valence electrons. The highest BCUT2D eigenvalue weighted by atomic mass is 16.2. The number of carbonyl (C=O) groups excluding carboxylic acids is 3. The van der Waals surface area contributed by atoms with Gasteiger partial charge in [0, 0.05) is 31.7 Å². The number of aromatic nitrogens is 2. The summed E-state index contributed by atoms with van der Waals surface area (Å²) in [6.07, 6.45) is 2.75. The molecule has 2 heterocycles. The summed E-state index contributed by atoms with van der Waals surface area (Å²) in [5.74, 6) is -0.796. The van der Waals surface area contributed by atoms with Crippen LogP contribution >= 0.6 is 0 Å². The van der Waals surface area contributed by atoms with Crippen molar-refractivity contribution >= 4 is 17.7 Å². The quantitative estimate of drug-likeness (QED) is 0.778. The number of nitrogens with zero attached hydrogens (tertiary/aromatic N) is 3. The Kier molecular flexibility index (Phi) is 5.10. The van der Waals surface area contributed by atoms with E-state index in [2.05, 4.69) is 15.7 Å². The molecule has 0 unspecified atom stereocenters. The summed E-state index contributed by atoms with van der Waals surface area (Å²) >= 11 is 0. The van der Waals surface area contributed by atoms with E-state index in [-0.39, 0.29) is 30.1 Å². The van der Waals surface area contributed by atoms with Gasteiger partial charge in [0.15, 0.2) is 5.69 Å². The molecule has 0 atom stereocenters. The second-order valence-corrected chi connectivity index (χ2v) is 7.23. The van der Waals surface area contributed by atoms with Crippen molar-refractivity contribution in [2.75, 3.05) is 13.1 Å². The van der Waals surface area contributed by atoms with Crippen molar-refractivity contribution in [1.29, 1.82) is 0 Å². The number of hydrogen-bond acceptors (Lipinski definition) is 4. The van der Waals surface area contributed by atoms with Crippen molar-refractivity contribution in [3.8, 4) is 0 Å². The fraction of sp³-hybridized carbons (Fsp3) is 0.400. The van der Waals surface area contributed by atoms with Crippen molar-refractivity contribution in [2.24, 2.45) is 0 Å². The van der Waals surface area contributed by atoms with Gasteiger partial charge in [-0.15, -0.1) is 0 Å². The highest BCUT2D eigenvalue weighted by Gasteiger charge is 2.27. The van der Waals surface area contributed by atoms with Gasteiger partial charge in [-0.2, -0.15) is 5.10 Å². The minimum Gasteiger partial charge on any atom is -0.352 e. The zero-order chi connectivity index (χ0) is 19.5. The molecule has 28 heavy (non-hydrogen) atoms. The van der Waals surface area contributed by atoms with Crippen LogP contribution in [-0.2, 0) is 17.9 Å². The molecule has 3 amide bonds. The fourth-order valence-corrected chi connectivity index (χ4v) is 3.26. The van der Waals surface area contributed by atoms with Gasteiger partial charge < -0.3 is 15.5 Å². The van der Waals surface area contributed by atoms with Crippen LogP contribution in [0, 0.1) is 0 Å². The Balaban J connectivity index is 1.42. The monoisotopic (exact) mass is 381 g/mol. The lowest BCUT2D eigenvalue weighted by molar-refractivity contribution is -0.120. The summed E-state index contributed by atoms with van der Waals surface area (Å²) in [6, 6.07) is 11.6. The average molecular weight is 381 g/mol. The van der Waals surface area contributed by atoms with Gasteiger partial charge in [-0.05, 0) is 24.8 Å². The molecule has 8 heteroatoms. The van der Waals surface area contributed by atoms with E-state index in [0.29, 0.717) is 25.3 Å². The van der Waals surface area contributed by atoms with Gasteiger partial charge in [0.1, 0.15) is 5.69 Å². The van der Waals surface area contributed by atoms with E-state index in [9.17, 15) is 14.4 Å². The summed E-state index contributed by atoms with van der Waals surface area (Å²) in [5, 5.41) is 9.66. The molecule has 1 aliphatic carbocycles. The van der Waals surface area contributed by atoms with Crippen molar-refractivity contribution in [3.05, 3.63) is 53.3 Å². The Morgan fingerprint density at radius 3 is 2.68 bits per heavy atom. The molecule has 1 fully saturated rings. The Morgan fingerprint density at radius 1 is 1.14 bits per heavy atom. The first-order valence-electron chi connectivity index (χ1n) is 9.59. The van der Waals surface area contributed by atoms with E-state index < -0.39 is 5.91 Å². The summed E-state index contributed by atoms with van der Waals surface area (Å²) in [5.41, 5.74) is 1.62. The fourth-order valence-electron chi connectivity index (χ4n) is 3.26. The van der Waals surface area contributed by atoms with E-state index in [1.54, 1.807) is 9.58 Å². The van der Waals surface area contributed by atoms with Gasteiger partial charge in [0.25, 0.3) is 11.8 Å². The van der Waals surface area contributed by atoms with Crippen LogP contribution in [0.25, 0.3) is 0 Å². The van der Waals surface area contributed by atoms with Crippen LogP contribution < -0.4 is 10.6 Å². The van der Waals surface area contributed by atoms with Crippen LogP contribution in [0.15, 0.2) is 36.4 Å². The van der Waals surface area contributed by atoms with Gasteiger partial charge in [-0.25, -0.2) is 0 Å². The molecule has 0 spiro atoms. The highest BCUT2D eigenvalue weighted by Crippen LogP contribution is 2.18. The van der Waals surface area contributed by atoms with Crippen molar-refractivity contribution in [1.82, 2.24) is 25.3 Å². The largest absolute Gasteiger partial charge is 0.352 e. The van der Waals surface area contributed by atoms with Gasteiger partial charge in [-0.3, -0.25) is 19.1 Å². The number of nitrogens with one attached hydrogen (secondary N) is 2. The van der Waals surface area contributed by atoms with E-state index in [4.69, 9.17) is 0 Å². The van der Waals surface area contributed by atoms with E-state index >= 15 is 0 Å². The number of carbonyl (C=O) groups is 3. The third kappa shape index (κ3) is 4.21. The Morgan fingerprint density at radius 2 is 1.93 bits per heavy atom. The molecular formula is C20H23N5O3. The lowest BCUT2D eigenvalue weighted by Gasteiger charge is -2.20. The van der Waals surface area contributed by atoms with Crippen LogP contribution in [0.1, 0.15) is 45.8 Å². The van der Waals surface area contributed by atoms with E-state index in [0.717, 1.165) is 24.8 Å². The first-order valence-corrected chi connectivity index (χ1v) is 9.59. The Labute approximate surface area is 162 Å². The maximum atomic E-state index is 12.9. The first-order chi connectivity index (χ1) is 13.6. The van der Waals surface area contributed by atoms with Gasteiger partial charge in [0.2, 0.25) is 5.91 Å². The Bertz CT molecular complexity index is 889. The molecule has 2 aromatic rings. The normalized spacial score (nSPS) is 16.3. The number of amides is 3. The third-order valence-electron chi connectivity index (χ3n) is 4.89. The predicted molar refractivity (Wildman–Crippen MR) is 102 cm³/mol. The lowest BCUT2D eigenvalue weighted by atomic mass is 10.2. The molecule has 2 aliphatic rings. The number of hydrogen-bond donors (Lipinski definition) is 2. The zero-order valence-corrected chi connectivity index (χ0v) is 15.6. The second kappa shape index (κ2) is 7.84. The molecular weight excluding hydrogens is 358 g/mol.